The summed E-state index contributed by atoms with van der Waals surface area (Å²) in [6, 6.07) is 7.61. The van der Waals surface area contributed by atoms with Crippen LogP contribution in [-0.4, -0.2) is 31.2 Å². The molecule has 78 valence electrons. The van der Waals surface area contributed by atoms with E-state index in [9.17, 15) is 0 Å². The maximum atomic E-state index is 8.57. The summed E-state index contributed by atoms with van der Waals surface area (Å²) in [6.45, 7) is 1.11. The zero-order chi connectivity index (χ0) is 11.1. The van der Waals surface area contributed by atoms with Crippen LogP contribution in [0, 0.1) is 0 Å². The van der Waals surface area contributed by atoms with Crippen LogP contribution in [0.4, 0.5) is 0 Å². The summed E-state index contributed by atoms with van der Waals surface area (Å²) in [5, 5.41) is 15.0. The molecule has 0 bridgehead atoms. The van der Waals surface area contributed by atoms with Crippen LogP contribution in [0.1, 0.15) is 5.56 Å². The predicted octanol–water partition coefficient (Wildman–Crippen LogP) is -0.563. The highest BCUT2D eigenvalue weighted by Crippen LogP contribution is 1.93. The summed E-state index contributed by atoms with van der Waals surface area (Å²) in [7, 11) is 5.76. The summed E-state index contributed by atoms with van der Waals surface area (Å²) >= 11 is 4.99. The van der Waals surface area contributed by atoms with Crippen LogP contribution in [0.25, 0.3) is 0 Å². The van der Waals surface area contributed by atoms with E-state index in [1.54, 1.807) is 0 Å². The van der Waals surface area contributed by atoms with E-state index in [4.69, 9.17) is 25.2 Å². The van der Waals surface area contributed by atoms with Gasteiger partial charge in [-0.05, 0) is 17.8 Å². The van der Waals surface area contributed by atoms with Gasteiger partial charge in [0.1, 0.15) is 7.85 Å². The van der Waals surface area contributed by atoms with Gasteiger partial charge in [-0.1, -0.05) is 29.7 Å². The van der Waals surface area contributed by atoms with Gasteiger partial charge in [0.15, 0.2) is 5.11 Å². The molecule has 0 spiro atoms. The maximum absolute atomic E-state index is 8.57. The second-order valence-electron chi connectivity index (χ2n) is 3.03. The number of nitrogens with one attached hydrogen (secondary N) is 2. The van der Waals surface area contributed by atoms with Crippen molar-refractivity contribution in [2.75, 3.05) is 13.2 Å². The van der Waals surface area contributed by atoms with Crippen molar-refractivity contribution < 1.29 is 5.11 Å². The molecule has 1 rings (SSSR count). The van der Waals surface area contributed by atoms with Crippen molar-refractivity contribution in [1.29, 1.82) is 0 Å². The highest BCUT2D eigenvalue weighted by molar-refractivity contribution is 7.80. The van der Waals surface area contributed by atoms with Crippen molar-refractivity contribution in [1.82, 2.24) is 10.6 Å². The van der Waals surface area contributed by atoms with Gasteiger partial charge in [-0.25, -0.2) is 0 Å². The first-order chi connectivity index (χ1) is 7.24. The Morgan fingerprint density at radius 1 is 1.33 bits per heavy atom. The van der Waals surface area contributed by atoms with E-state index in [0.29, 0.717) is 18.2 Å². The van der Waals surface area contributed by atoms with Crippen LogP contribution >= 0.6 is 12.2 Å². The van der Waals surface area contributed by atoms with Crippen LogP contribution in [0.5, 0.6) is 0 Å². The molecule has 0 fully saturated rings. The lowest BCUT2D eigenvalue weighted by molar-refractivity contribution is 0.300. The van der Waals surface area contributed by atoms with Crippen molar-refractivity contribution in [3.8, 4) is 0 Å². The van der Waals surface area contributed by atoms with Crippen molar-refractivity contribution in [2.45, 2.75) is 6.54 Å². The van der Waals surface area contributed by atoms with Crippen molar-refractivity contribution in [2.24, 2.45) is 0 Å². The SMILES string of the molecule is [B]c1ccccc1CNC(=S)NCCO. The molecule has 0 aliphatic rings. The minimum Gasteiger partial charge on any atom is -0.395 e. The van der Waals surface area contributed by atoms with E-state index in [-0.39, 0.29) is 6.61 Å². The average Bonchev–Trinajstić information content (AvgIpc) is 2.25. The molecule has 0 aliphatic heterocycles. The van der Waals surface area contributed by atoms with Crippen molar-refractivity contribution >= 4 is 30.6 Å². The van der Waals surface area contributed by atoms with Gasteiger partial charge < -0.3 is 15.7 Å². The van der Waals surface area contributed by atoms with Crippen LogP contribution in [0.2, 0.25) is 0 Å². The minimum atomic E-state index is 0.0648. The molecule has 2 radical (unpaired) electrons. The van der Waals surface area contributed by atoms with E-state index in [1.165, 1.54) is 0 Å². The number of aliphatic hydroxyl groups excluding tert-OH is 1. The zero-order valence-corrected chi connectivity index (χ0v) is 9.18. The molecule has 0 unspecified atom stereocenters. The smallest absolute Gasteiger partial charge is 0.166 e. The molecule has 3 nitrogen and oxygen atoms in total. The Morgan fingerprint density at radius 2 is 2.07 bits per heavy atom. The van der Waals surface area contributed by atoms with E-state index in [2.05, 4.69) is 10.6 Å². The summed E-state index contributed by atoms with van der Waals surface area (Å²) in [6.07, 6.45) is 0. The molecular weight excluding hydrogens is 207 g/mol. The number of aliphatic hydroxyl groups is 1. The first-order valence-electron chi connectivity index (χ1n) is 4.70. The number of hydrogen-bond acceptors (Lipinski definition) is 2. The average molecular weight is 220 g/mol. The number of rotatable bonds is 4. The Labute approximate surface area is 96.3 Å². The molecular formula is C10H13BN2OS. The van der Waals surface area contributed by atoms with Gasteiger partial charge in [0, 0.05) is 13.1 Å². The Kier molecular flexibility index (Phi) is 5.14. The standard InChI is InChI=1S/C10H13BN2OS/c11-9-4-2-1-3-8(9)7-13-10(15)12-5-6-14/h1-4,14H,5-7H2,(H2,12,13,15). The molecule has 0 aliphatic carbocycles. The van der Waals surface area contributed by atoms with Gasteiger partial charge in [-0.2, -0.15) is 0 Å². The third kappa shape index (κ3) is 4.31. The lowest BCUT2D eigenvalue weighted by atomic mass is 9.91. The molecule has 0 aromatic heterocycles. The normalized spacial score (nSPS) is 9.67. The third-order valence-corrected chi connectivity index (χ3v) is 2.18. The molecule has 15 heavy (non-hydrogen) atoms. The summed E-state index contributed by atoms with van der Waals surface area (Å²) in [4.78, 5) is 0. The van der Waals surface area contributed by atoms with Crippen molar-refractivity contribution in [3.63, 3.8) is 0 Å². The fraction of sp³-hybridized carbons (Fsp3) is 0.300. The van der Waals surface area contributed by atoms with Crippen LogP contribution < -0.4 is 16.1 Å². The quantitative estimate of drug-likeness (QED) is 0.470. The van der Waals surface area contributed by atoms with E-state index >= 15 is 0 Å². The summed E-state index contributed by atoms with van der Waals surface area (Å²) < 4.78 is 0. The van der Waals surface area contributed by atoms with Gasteiger partial charge >= 0.3 is 0 Å². The monoisotopic (exact) mass is 220 g/mol. The number of hydrogen-bond donors (Lipinski definition) is 3. The number of thiocarbonyl (C=S) groups is 1. The second-order valence-corrected chi connectivity index (χ2v) is 3.44. The van der Waals surface area contributed by atoms with Crippen LogP contribution in [0.15, 0.2) is 24.3 Å². The van der Waals surface area contributed by atoms with E-state index < -0.39 is 0 Å². The highest BCUT2D eigenvalue weighted by atomic mass is 32.1. The Bertz CT molecular complexity index is 333. The van der Waals surface area contributed by atoms with E-state index in [0.717, 1.165) is 11.0 Å². The van der Waals surface area contributed by atoms with Gasteiger partial charge in [-0.3, -0.25) is 0 Å². The molecule has 0 heterocycles. The Balaban J connectivity index is 2.37. The third-order valence-electron chi connectivity index (χ3n) is 1.89. The van der Waals surface area contributed by atoms with Crippen LogP contribution in [0.3, 0.4) is 0 Å². The zero-order valence-electron chi connectivity index (χ0n) is 8.36. The second kappa shape index (κ2) is 6.42. The molecule has 1 aromatic carbocycles. The van der Waals surface area contributed by atoms with Gasteiger partial charge in [0.2, 0.25) is 0 Å². The number of benzene rings is 1. The van der Waals surface area contributed by atoms with Gasteiger partial charge in [-0.15, -0.1) is 0 Å². The largest absolute Gasteiger partial charge is 0.395 e. The van der Waals surface area contributed by atoms with Gasteiger partial charge in [0.05, 0.1) is 6.61 Å². The lowest BCUT2D eigenvalue weighted by Crippen LogP contribution is -2.37. The van der Waals surface area contributed by atoms with Crippen molar-refractivity contribution in [3.05, 3.63) is 29.8 Å². The van der Waals surface area contributed by atoms with Crippen LogP contribution in [-0.2, 0) is 6.54 Å². The fourth-order valence-corrected chi connectivity index (χ4v) is 1.28. The highest BCUT2D eigenvalue weighted by Gasteiger charge is 1.97. The Morgan fingerprint density at radius 3 is 2.73 bits per heavy atom. The maximum Gasteiger partial charge on any atom is 0.166 e. The minimum absolute atomic E-state index is 0.0648. The molecule has 0 atom stereocenters. The van der Waals surface area contributed by atoms with Gasteiger partial charge in [0.25, 0.3) is 0 Å². The molecule has 1 aromatic rings. The molecule has 0 saturated heterocycles. The molecule has 3 N–H and O–H groups in total. The molecule has 0 saturated carbocycles. The molecule has 5 heteroatoms. The lowest BCUT2D eigenvalue weighted by Gasteiger charge is -2.11. The summed E-state index contributed by atoms with van der Waals surface area (Å²) in [5.41, 5.74) is 1.75. The van der Waals surface area contributed by atoms with E-state index in [1.807, 2.05) is 24.3 Å². The summed E-state index contributed by atoms with van der Waals surface area (Å²) in [5.74, 6) is 0. The topological polar surface area (TPSA) is 44.3 Å². The Hall–Kier alpha value is -1.07. The first kappa shape index (κ1) is 12.0. The first-order valence-corrected chi connectivity index (χ1v) is 5.11. The fourth-order valence-electron chi connectivity index (χ4n) is 1.10. The predicted molar refractivity (Wildman–Crippen MR) is 66.4 cm³/mol. The molecule has 0 amide bonds.